The van der Waals surface area contributed by atoms with Crippen LogP contribution in [0, 0.1) is 6.92 Å². The molecule has 2 aromatic carbocycles. The zero-order chi connectivity index (χ0) is 15.4. The lowest BCUT2D eigenvalue weighted by Gasteiger charge is -2.22. The summed E-state index contributed by atoms with van der Waals surface area (Å²) >= 11 is 9.95. The lowest BCUT2D eigenvalue weighted by molar-refractivity contribution is 0.414. The number of hydrogen-bond acceptors (Lipinski definition) is 2. The highest BCUT2D eigenvalue weighted by atomic mass is 79.9. The molecule has 1 N–H and O–H groups in total. The van der Waals surface area contributed by atoms with Crippen LogP contribution in [0.3, 0.4) is 0 Å². The number of methoxy groups -OCH3 is 1. The van der Waals surface area contributed by atoms with Crippen LogP contribution in [0.4, 0.5) is 0 Å². The minimum absolute atomic E-state index is 0.0708. The van der Waals surface area contributed by atoms with E-state index in [2.05, 4.69) is 53.3 Å². The largest absolute Gasteiger partial charge is 0.497 e. The van der Waals surface area contributed by atoms with Crippen LogP contribution in [-0.2, 0) is 0 Å². The summed E-state index contributed by atoms with van der Waals surface area (Å²) in [6.45, 7) is 5.07. The van der Waals surface area contributed by atoms with Gasteiger partial charge in [-0.1, -0.05) is 46.6 Å². The topological polar surface area (TPSA) is 21.3 Å². The van der Waals surface area contributed by atoms with Gasteiger partial charge >= 0.3 is 0 Å². The van der Waals surface area contributed by atoms with Crippen LogP contribution >= 0.6 is 27.5 Å². The summed E-state index contributed by atoms with van der Waals surface area (Å²) in [7, 11) is 1.64. The number of hydrogen-bond donors (Lipinski definition) is 1. The molecular weight excluding hydrogens is 350 g/mol. The van der Waals surface area contributed by atoms with Gasteiger partial charge in [0.15, 0.2) is 0 Å². The Labute approximate surface area is 139 Å². The quantitative estimate of drug-likeness (QED) is 0.791. The van der Waals surface area contributed by atoms with Gasteiger partial charge in [-0.2, -0.15) is 0 Å². The van der Waals surface area contributed by atoms with Crippen molar-refractivity contribution in [1.29, 1.82) is 0 Å². The van der Waals surface area contributed by atoms with Crippen molar-refractivity contribution < 1.29 is 4.74 Å². The van der Waals surface area contributed by atoms with Crippen LogP contribution in [0.15, 0.2) is 40.9 Å². The highest BCUT2D eigenvalue weighted by Crippen LogP contribution is 2.33. The first kappa shape index (κ1) is 16.3. The van der Waals surface area contributed by atoms with Gasteiger partial charge in [-0.25, -0.2) is 0 Å². The van der Waals surface area contributed by atoms with Gasteiger partial charge in [-0.05, 0) is 54.4 Å². The molecule has 2 aromatic rings. The van der Waals surface area contributed by atoms with E-state index >= 15 is 0 Å². The van der Waals surface area contributed by atoms with E-state index in [0.29, 0.717) is 5.02 Å². The lowest BCUT2D eigenvalue weighted by atomic mass is 9.95. The van der Waals surface area contributed by atoms with Gasteiger partial charge in [0.05, 0.1) is 13.2 Å². The SMILES string of the molecule is CCNC(c1ccc(Br)cc1C)c1ccc(OC)cc1Cl. The summed E-state index contributed by atoms with van der Waals surface area (Å²) in [4.78, 5) is 0. The number of benzene rings is 2. The van der Waals surface area contributed by atoms with Crippen LogP contribution in [0.25, 0.3) is 0 Å². The summed E-state index contributed by atoms with van der Waals surface area (Å²) in [5.74, 6) is 0.770. The van der Waals surface area contributed by atoms with Crippen LogP contribution in [-0.4, -0.2) is 13.7 Å². The molecule has 0 saturated heterocycles. The average Bonchev–Trinajstić information content (AvgIpc) is 2.46. The molecule has 4 heteroatoms. The Morgan fingerprint density at radius 2 is 1.90 bits per heavy atom. The smallest absolute Gasteiger partial charge is 0.120 e. The molecule has 2 rings (SSSR count). The van der Waals surface area contributed by atoms with Gasteiger partial charge in [-0.15, -0.1) is 0 Å². The lowest BCUT2D eigenvalue weighted by Crippen LogP contribution is -2.23. The second kappa shape index (κ2) is 7.30. The Morgan fingerprint density at radius 3 is 2.48 bits per heavy atom. The molecule has 1 unspecified atom stereocenters. The van der Waals surface area contributed by atoms with E-state index in [1.807, 2.05) is 18.2 Å². The van der Waals surface area contributed by atoms with Gasteiger partial charge in [0.1, 0.15) is 5.75 Å². The fourth-order valence-corrected chi connectivity index (χ4v) is 3.18. The summed E-state index contributed by atoms with van der Waals surface area (Å²) in [5, 5.41) is 4.22. The predicted octanol–water partition coefficient (Wildman–Crippen LogP) is 5.12. The molecule has 0 radical (unpaired) electrons. The van der Waals surface area contributed by atoms with Crippen molar-refractivity contribution in [2.75, 3.05) is 13.7 Å². The number of halogens is 2. The first-order chi connectivity index (χ1) is 10.1. The van der Waals surface area contributed by atoms with Crippen molar-refractivity contribution in [1.82, 2.24) is 5.32 Å². The Balaban J connectivity index is 2.48. The zero-order valence-electron chi connectivity index (χ0n) is 12.4. The summed E-state index contributed by atoms with van der Waals surface area (Å²) in [6, 6.07) is 12.2. The molecular formula is C17H19BrClNO. The maximum Gasteiger partial charge on any atom is 0.120 e. The second-order valence-corrected chi connectivity index (χ2v) is 6.20. The van der Waals surface area contributed by atoms with E-state index in [9.17, 15) is 0 Å². The van der Waals surface area contributed by atoms with E-state index in [-0.39, 0.29) is 6.04 Å². The molecule has 1 atom stereocenters. The van der Waals surface area contributed by atoms with Crippen molar-refractivity contribution in [2.24, 2.45) is 0 Å². The second-order valence-electron chi connectivity index (χ2n) is 4.88. The molecule has 2 nitrogen and oxygen atoms in total. The van der Waals surface area contributed by atoms with Crippen molar-refractivity contribution in [3.05, 3.63) is 62.6 Å². The number of nitrogens with one attached hydrogen (secondary N) is 1. The molecule has 0 bridgehead atoms. The predicted molar refractivity (Wildman–Crippen MR) is 92.4 cm³/mol. The molecule has 112 valence electrons. The highest BCUT2D eigenvalue weighted by molar-refractivity contribution is 9.10. The monoisotopic (exact) mass is 367 g/mol. The Morgan fingerprint density at radius 1 is 1.19 bits per heavy atom. The van der Waals surface area contributed by atoms with Crippen molar-refractivity contribution in [3.63, 3.8) is 0 Å². The van der Waals surface area contributed by atoms with Crippen LogP contribution in [0.5, 0.6) is 5.75 Å². The molecule has 0 aromatic heterocycles. The molecule has 0 amide bonds. The minimum Gasteiger partial charge on any atom is -0.497 e. The molecule has 21 heavy (non-hydrogen) atoms. The minimum atomic E-state index is 0.0708. The van der Waals surface area contributed by atoms with Gasteiger partial charge in [0.25, 0.3) is 0 Å². The van der Waals surface area contributed by atoms with Gasteiger partial charge in [0, 0.05) is 9.50 Å². The zero-order valence-corrected chi connectivity index (χ0v) is 14.8. The van der Waals surface area contributed by atoms with Gasteiger partial charge < -0.3 is 10.1 Å². The molecule has 0 heterocycles. The van der Waals surface area contributed by atoms with E-state index in [4.69, 9.17) is 16.3 Å². The normalized spacial score (nSPS) is 12.2. The number of aryl methyl sites for hydroxylation is 1. The first-order valence-electron chi connectivity index (χ1n) is 6.89. The standard InChI is InChI=1S/C17H19BrClNO/c1-4-20-17(14-7-5-12(18)9-11(14)2)15-8-6-13(21-3)10-16(15)19/h5-10,17,20H,4H2,1-3H3. The average molecular weight is 369 g/mol. The molecule has 0 aliphatic heterocycles. The Bertz CT molecular complexity index is 630. The molecule has 0 fully saturated rings. The van der Waals surface area contributed by atoms with Gasteiger partial charge in [0.2, 0.25) is 0 Å². The van der Waals surface area contributed by atoms with Crippen LogP contribution < -0.4 is 10.1 Å². The fraction of sp³-hybridized carbons (Fsp3) is 0.294. The maximum atomic E-state index is 6.44. The highest BCUT2D eigenvalue weighted by Gasteiger charge is 2.18. The Kier molecular flexibility index (Phi) is 5.68. The summed E-state index contributed by atoms with van der Waals surface area (Å²) in [5.41, 5.74) is 3.51. The first-order valence-corrected chi connectivity index (χ1v) is 8.06. The number of rotatable bonds is 5. The third-order valence-corrected chi connectivity index (χ3v) is 4.29. The summed E-state index contributed by atoms with van der Waals surface area (Å²) < 4.78 is 6.31. The van der Waals surface area contributed by atoms with E-state index in [1.54, 1.807) is 7.11 Å². The number of ether oxygens (including phenoxy) is 1. The van der Waals surface area contributed by atoms with Crippen molar-refractivity contribution in [3.8, 4) is 5.75 Å². The third-order valence-electron chi connectivity index (χ3n) is 3.47. The fourth-order valence-electron chi connectivity index (χ4n) is 2.42. The molecule has 0 aliphatic carbocycles. The van der Waals surface area contributed by atoms with Gasteiger partial charge in [-0.3, -0.25) is 0 Å². The van der Waals surface area contributed by atoms with Crippen molar-refractivity contribution in [2.45, 2.75) is 19.9 Å². The van der Waals surface area contributed by atoms with E-state index in [0.717, 1.165) is 22.3 Å². The maximum absolute atomic E-state index is 6.44. The van der Waals surface area contributed by atoms with Crippen LogP contribution in [0.2, 0.25) is 5.02 Å². The third kappa shape index (κ3) is 3.79. The van der Waals surface area contributed by atoms with Crippen molar-refractivity contribution >= 4 is 27.5 Å². The summed E-state index contributed by atoms with van der Waals surface area (Å²) in [6.07, 6.45) is 0. The van der Waals surface area contributed by atoms with Crippen LogP contribution in [0.1, 0.15) is 29.7 Å². The molecule has 0 spiro atoms. The Hall–Kier alpha value is -1.03. The molecule has 0 aliphatic rings. The molecule has 0 saturated carbocycles. The van der Waals surface area contributed by atoms with E-state index in [1.165, 1.54) is 11.1 Å². The van der Waals surface area contributed by atoms with E-state index < -0.39 is 0 Å².